The summed E-state index contributed by atoms with van der Waals surface area (Å²) in [5.41, 5.74) is 0.361. The molecule has 2 nitrogen and oxygen atoms in total. The first-order valence-electron chi connectivity index (χ1n) is 7.10. The van der Waals surface area contributed by atoms with Crippen LogP contribution in [0.4, 0.5) is 22.0 Å². The zero-order chi connectivity index (χ0) is 17.7. The Morgan fingerprint density at radius 2 is 1.65 bits per heavy atom. The molecule has 0 fully saturated rings. The van der Waals surface area contributed by atoms with E-state index in [9.17, 15) is 22.0 Å². The fourth-order valence-electron chi connectivity index (χ4n) is 2.27. The van der Waals surface area contributed by atoms with E-state index in [1.807, 2.05) is 13.8 Å². The van der Waals surface area contributed by atoms with Crippen LogP contribution in [-0.4, -0.2) is 29.4 Å². The fourth-order valence-corrected chi connectivity index (χ4v) is 2.57. The summed E-state index contributed by atoms with van der Waals surface area (Å²) in [6, 6.07) is 5.32. The Balaban J connectivity index is 2.97. The SMILES string of the molecule is CCC(CC)(CO[Si])Cc1cccc(OC(F)(F)C(F)(F)F)c1. The number of rotatable bonds is 8. The van der Waals surface area contributed by atoms with Crippen LogP contribution in [0.15, 0.2) is 24.3 Å². The number of ether oxygens (including phenoxy) is 1. The zero-order valence-corrected chi connectivity index (χ0v) is 13.8. The molecule has 0 unspecified atom stereocenters. The maximum Gasteiger partial charge on any atom is 0.499 e. The van der Waals surface area contributed by atoms with Crippen molar-refractivity contribution in [3.8, 4) is 5.75 Å². The molecule has 1 aromatic rings. The Hall–Kier alpha value is -1.15. The lowest BCUT2D eigenvalue weighted by Crippen LogP contribution is -2.41. The first-order chi connectivity index (χ1) is 10.6. The van der Waals surface area contributed by atoms with Gasteiger partial charge in [0.1, 0.15) is 5.75 Å². The van der Waals surface area contributed by atoms with Gasteiger partial charge in [0.15, 0.2) is 0 Å². The Kier molecular flexibility index (Phi) is 6.58. The molecule has 1 aromatic carbocycles. The minimum atomic E-state index is -5.76. The summed E-state index contributed by atoms with van der Waals surface area (Å²) in [4.78, 5) is 0. The molecule has 0 aliphatic heterocycles. The predicted molar refractivity (Wildman–Crippen MR) is 76.5 cm³/mol. The Bertz CT molecular complexity index is 501. The molecule has 0 aliphatic carbocycles. The van der Waals surface area contributed by atoms with E-state index >= 15 is 0 Å². The molecule has 0 heterocycles. The second-order valence-corrected chi connectivity index (χ2v) is 5.73. The van der Waals surface area contributed by atoms with Gasteiger partial charge in [-0.2, -0.15) is 22.0 Å². The molecule has 8 heteroatoms. The van der Waals surface area contributed by atoms with Crippen molar-refractivity contribution in [1.82, 2.24) is 0 Å². The lowest BCUT2D eigenvalue weighted by molar-refractivity contribution is -0.360. The summed E-state index contributed by atoms with van der Waals surface area (Å²) in [5.74, 6) is -0.523. The molecule has 0 N–H and O–H groups in total. The summed E-state index contributed by atoms with van der Waals surface area (Å²) in [6.07, 6.45) is -8.99. The van der Waals surface area contributed by atoms with Gasteiger partial charge in [0.25, 0.3) is 0 Å². The Morgan fingerprint density at radius 1 is 1.04 bits per heavy atom. The minimum absolute atomic E-state index is 0.243. The number of hydrogen-bond acceptors (Lipinski definition) is 2. The van der Waals surface area contributed by atoms with E-state index in [1.54, 1.807) is 6.07 Å². The van der Waals surface area contributed by atoms with E-state index in [0.29, 0.717) is 18.6 Å². The second kappa shape index (κ2) is 7.61. The van der Waals surface area contributed by atoms with Crippen molar-refractivity contribution in [1.29, 1.82) is 0 Å². The third-order valence-electron chi connectivity index (χ3n) is 3.93. The van der Waals surface area contributed by atoms with Crippen molar-refractivity contribution in [2.45, 2.75) is 45.4 Å². The Labute approximate surface area is 135 Å². The maximum absolute atomic E-state index is 13.0. The van der Waals surface area contributed by atoms with Gasteiger partial charge >= 0.3 is 12.3 Å². The van der Waals surface area contributed by atoms with Crippen LogP contribution < -0.4 is 4.74 Å². The molecule has 23 heavy (non-hydrogen) atoms. The fraction of sp³-hybridized carbons (Fsp3) is 0.600. The third kappa shape index (κ3) is 5.17. The van der Waals surface area contributed by atoms with Crippen molar-refractivity contribution < 1.29 is 31.1 Å². The van der Waals surface area contributed by atoms with Crippen LogP contribution >= 0.6 is 0 Å². The van der Waals surface area contributed by atoms with Gasteiger partial charge in [0.2, 0.25) is 10.5 Å². The van der Waals surface area contributed by atoms with Gasteiger partial charge in [-0.15, -0.1) is 0 Å². The molecule has 0 bridgehead atoms. The maximum atomic E-state index is 13.0. The normalized spacial score (nSPS) is 13.2. The van der Waals surface area contributed by atoms with Crippen molar-refractivity contribution in [2.24, 2.45) is 5.41 Å². The van der Waals surface area contributed by atoms with Crippen LogP contribution in [0, 0.1) is 5.41 Å². The van der Waals surface area contributed by atoms with Gasteiger partial charge in [-0.25, -0.2) is 0 Å². The number of benzene rings is 1. The van der Waals surface area contributed by atoms with Crippen LogP contribution in [-0.2, 0) is 10.8 Å². The van der Waals surface area contributed by atoms with E-state index in [4.69, 9.17) is 4.43 Å². The lowest BCUT2D eigenvalue weighted by Gasteiger charge is -2.31. The first-order valence-corrected chi connectivity index (χ1v) is 7.51. The van der Waals surface area contributed by atoms with Gasteiger partial charge in [-0.1, -0.05) is 26.0 Å². The van der Waals surface area contributed by atoms with Crippen molar-refractivity contribution in [2.75, 3.05) is 6.61 Å². The highest BCUT2D eigenvalue weighted by Crippen LogP contribution is 2.38. The first kappa shape index (κ1) is 19.9. The highest BCUT2D eigenvalue weighted by atomic mass is 28.2. The van der Waals surface area contributed by atoms with Crippen LogP contribution in [0.5, 0.6) is 5.75 Å². The summed E-state index contributed by atoms with van der Waals surface area (Å²) in [6.45, 7) is 4.32. The molecule has 0 aromatic heterocycles. The third-order valence-corrected chi connectivity index (χ3v) is 4.08. The lowest BCUT2D eigenvalue weighted by atomic mass is 9.78. The molecule has 129 valence electrons. The standard InChI is InChI=1S/C15H18F5O2Si/c1-3-13(4-2,10-21-23)9-11-6-5-7-12(8-11)22-15(19,20)14(16,17)18/h5-8H,3-4,9-10H2,1-2H3. The van der Waals surface area contributed by atoms with Crippen molar-refractivity contribution >= 4 is 10.5 Å². The topological polar surface area (TPSA) is 18.5 Å². The van der Waals surface area contributed by atoms with Gasteiger partial charge in [0, 0.05) is 6.61 Å². The molecule has 0 saturated heterocycles. The summed E-state index contributed by atoms with van der Waals surface area (Å²) < 4.78 is 71.4. The van der Waals surface area contributed by atoms with Gasteiger partial charge in [-0.05, 0) is 42.4 Å². The molecular weight excluding hydrogens is 335 g/mol. The highest BCUT2D eigenvalue weighted by Gasteiger charge is 2.61. The monoisotopic (exact) mass is 353 g/mol. The van der Waals surface area contributed by atoms with Crippen LogP contribution in [0.3, 0.4) is 0 Å². The highest BCUT2D eigenvalue weighted by molar-refractivity contribution is 5.97. The quantitative estimate of drug-likeness (QED) is 0.499. The van der Waals surface area contributed by atoms with E-state index in [2.05, 4.69) is 15.2 Å². The number of hydrogen-bond donors (Lipinski definition) is 0. The number of alkyl halides is 5. The molecule has 3 radical (unpaired) electrons. The van der Waals surface area contributed by atoms with Crippen LogP contribution in [0.1, 0.15) is 32.3 Å². The van der Waals surface area contributed by atoms with Crippen molar-refractivity contribution in [3.63, 3.8) is 0 Å². The van der Waals surface area contributed by atoms with Gasteiger partial charge in [-0.3, -0.25) is 0 Å². The van der Waals surface area contributed by atoms with E-state index in [1.165, 1.54) is 12.1 Å². The molecule has 0 atom stereocenters. The molecule has 0 spiro atoms. The largest absolute Gasteiger partial charge is 0.499 e. The Morgan fingerprint density at radius 3 is 2.13 bits per heavy atom. The summed E-state index contributed by atoms with van der Waals surface area (Å²) in [7, 11) is 2.96. The molecule has 1 rings (SSSR count). The average Bonchev–Trinajstić information content (AvgIpc) is 2.45. The average molecular weight is 353 g/mol. The van der Waals surface area contributed by atoms with Gasteiger partial charge < -0.3 is 9.16 Å². The van der Waals surface area contributed by atoms with Crippen LogP contribution in [0.25, 0.3) is 0 Å². The molecule has 0 amide bonds. The van der Waals surface area contributed by atoms with E-state index in [0.717, 1.165) is 18.9 Å². The van der Waals surface area contributed by atoms with Gasteiger partial charge in [0.05, 0.1) is 0 Å². The van der Waals surface area contributed by atoms with E-state index < -0.39 is 18.0 Å². The predicted octanol–water partition coefficient (Wildman–Crippen LogP) is 4.67. The van der Waals surface area contributed by atoms with Crippen molar-refractivity contribution in [3.05, 3.63) is 29.8 Å². The molecular formula is C15H18F5O2Si. The van der Waals surface area contributed by atoms with E-state index in [-0.39, 0.29) is 5.41 Å². The molecule has 0 aliphatic rings. The molecule has 0 saturated carbocycles. The summed E-state index contributed by atoms with van der Waals surface area (Å²) in [5, 5.41) is 0. The zero-order valence-electron chi connectivity index (χ0n) is 12.8. The smallest absolute Gasteiger partial charge is 0.426 e. The van der Waals surface area contributed by atoms with Crippen LogP contribution in [0.2, 0.25) is 0 Å². The number of halogens is 5. The summed E-state index contributed by atoms with van der Waals surface area (Å²) >= 11 is 0. The second-order valence-electron chi connectivity index (χ2n) is 5.44. The minimum Gasteiger partial charge on any atom is -0.426 e.